The van der Waals surface area contributed by atoms with Crippen LogP contribution in [0.15, 0.2) is 0 Å². The number of nitrogens with one attached hydrogen (secondary N) is 1. The summed E-state index contributed by atoms with van der Waals surface area (Å²) in [7, 11) is 3.40. The molecule has 4 unspecified atom stereocenters. The first-order valence-electron chi connectivity index (χ1n) is 18.2. The van der Waals surface area contributed by atoms with E-state index in [-0.39, 0.29) is 58.8 Å². The van der Waals surface area contributed by atoms with Crippen molar-refractivity contribution in [3.63, 3.8) is 0 Å². The van der Waals surface area contributed by atoms with Crippen LogP contribution >= 0.6 is 0 Å². The molecule has 12 atom stereocenters. The second-order valence-electron chi connectivity index (χ2n) is 17.7. The zero-order valence-corrected chi connectivity index (χ0v) is 29.6. The standard InChI is InChI=1S/C37H62N2O6/c1-22(2)30(45-32(42)39-17-10-18-39)25(43-9)19-23(3)24-20-28(40)35(7)27-12-11-26-33(4,5)29(44-31(41)38-8)13-14-36(26)21-37(27,36)16-15-34(24,35)6/h22-30,40H,10-21H2,1-9H3,(H,38,41)/t23-,24?,25?,26+,27?,28+,29+,30-,34-,35-,36-,37?/m1/s1. The first kappa shape index (κ1) is 33.4. The van der Waals surface area contributed by atoms with E-state index in [1.807, 2.05) is 0 Å². The van der Waals surface area contributed by atoms with E-state index < -0.39 is 0 Å². The first-order valence-corrected chi connectivity index (χ1v) is 18.2. The minimum Gasteiger partial charge on any atom is -0.446 e. The lowest BCUT2D eigenvalue weighted by Crippen LogP contribution is -2.60. The van der Waals surface area contributed by atoms with Crippen molar-refractivity contribution >= 4 is 12.2 Å². The molecule has 0 radical (unpaired) electrons. The lowest BCUT2D eigenvalue weighted by Gasteiger charge is -2.63. The third-order valence-electron chi connectivity index (χ3n) is 15.6. The zero-order valence-electron chi connectivity index (χ0n) is 29.6. The second kappa shape index (κ2) is 11.3. The molecule has 0 aromatic heterocycles. The van der Waals surface area contributed by atoms with Crippen LogP contribution < -0.4 is 5.32 Å². The van der Waals surface area contributed by atoms with E-state index >= 15 is 0 Å². The Morgan fingerprint density at radius 1 is 0.978 bits per heavy atom. The van der Waals surface area contributed by atoms with Crippen molar-refractivity contribution in [3.8, 4) is 0 Å². The van der Waals surface area contributed by atoms with E-state index in [2.05, 4.69) is 53.8 Å². The Hall–Kier alpha value is -1.54. The summed E-state index contributed by atoms with van der Waals surface area (Å²) in [5.41, 5.74) is 0.437. The summed E-state index contributed by atoms with van der Waals surface area (Å²) in [5, 5.41) is 14.8. The minimum atomic E-state index is -0.321. The van der Waals surface area contributed by atoms with Gasteiger partial charge >= 0.3 is 12.2 Å². The Bertz CT molecular complexity index is 1160. The molecule has 1 aliphatic heterocycles. The van der Waals surface area contributed by atoms with Gasteiger partial charge in [-0.1, -0.05) is 48.5 Å². The summed E-state index contributed by atoms with van der Waals surface area (Å²) in [6, 6.07) is 0. The topological polar surface area (TPSA) is 97.3 Å². The Kier molecular flexibility index (Phi) is 8.36. The fourth-order valence-corrected chi connectivity index (χ4v) is 12.9. The highest BCUT2D eigenvalue weighted by Crippen LogP contribution is 2.89. The first-order chi connectivity index (χ1) is 21.1. The van der Waals surface area contributed by atoms with Crippen molar-refractivity contribution in [2.24, 2.45) is 56.7 Å². The van der Waals surface area contributed by atoms with Crippen molar-refractivity contribution in [1.29, 1.82) is 0 Å². The van der Waals surface area contributed by atoms with Gasteiger partial charge in [-0.15, -0.1) is 0 Å². The van der Waals surface area contributed by atoms with Gasteiger partial charge in [0, 0.05) is 38.1 Å². The summed E-state index contributed by atoms with van der Waals surface area (Å²) in [4.78, 5) is 26.8. The molecule has 0 aromatic carbocycles. The number of ether oxygens (including phenoxy) is 3. The number of aliphatic hydroxyl groups excluding tert-OH is 1. The number of aliphatic hydroxyl groups is 1. The molecule has 2 amide bonds. The summed E-state index contributed by atoms with van der Waals surface area (Å²) >= 11 is 0. The third kappa shape index (κ3) is 4.63. The number of methoxy groups -OCH3 is 1. The smallest absolute Gasteiger partial charge is 0.410 e. The Morgan fingerprint density at radius 3 is 2.24 bits per heavy atom. The summed E-state index contributed by atoms with van der Waals surface area (Å²) in [6.45, 7) is 17.8. The van der Waals surface area contributed by atoms with Gasteiger partial charge in [0.05, 0.1) is 12.2 Å². The van der Waals surface area contributed by atoms with E-state index in [0.29, 0.717) is 34.5 Å². The summed E-state index contributed by atoms with van der Waals surface area (Å²) < 4.78 is 18.1. The van der Waals surface area contributed by atoms with Gasteiger partial charge in [-0.2, -0.15) is 0 Å². The number of carbonyl (C=O) groups excluding carboxylic acids is 2. The predicted octanol–water partition coefficient (Wildman–Crippen LogP) is 7.03. The van der Waals surface area contributed by atoms with Crippen molar-refractivity contribution < 1.29 is 28.9 Å². The average Bonchev–Trinajstić information content (AvgIpc) is 3.57. The van der Waals surface area contributed by atoms with Gasteiger partial charge in [-0.25, -0.2) is 9.59 Å². The Labute approximate surface area is 272 Å². The van der Waals surface area contributed by atoms with Crippen molar-refractivity contribution in [3.05, 3.63) is 0 Å². The van der Waals surface area contributed by atoms with Crippen LogP contribution in [0.5, 0.6) is 0 Å². The van der Waals surface area contributed by atoms with E-state index in [4.69, 9.17) is 14.2 Å². The van der Waals surface area contributed by atoms with Crippen LogP contribution in [-0.4, -0.2) is 73.9 Å². The molecule has 2 N–H and O–H groups in total. The van der Waals surface area contributed by atoms with Gasteiger partial charge < -0.3 is 29.5 Å². The maximum absolute atomic E-state index is 12.8. The largest absolute Gasteiger partial charge is 0.446 e. The maximum Gasteiger partial charge on any atom is 0.410 e. The number of nitrogens with zero attached hydrogens (tertiary/aromatic N) is 1. The summed E-state index contributed by atoms with van der Waals surface area (Å²) in [5.74, 6) is 1.92. The fourth-order valence-electron chi connectivity index (χ4n) is 12.9. The fraction of sp³-hybridized carbons (Fsp3) is 0.946. The van der Waals surface area contributed by atoms with Crippen LogP contribution in [-0.2, 0) is 14.2 Å². The van der Waals surface area contributed by atoms with E-state index in [1.54, 1.807) is 19.1 Å². The SMILES string of the molecule is CNC(=O)O[C@H]1CC[C@]23CC24CC[C@]2(C)C([C@H](C)CC(OC)[C@H](OC(=O)N5CCC5)C(C)C)C[C@H](O)[C@@]2(C)C4CC[C@H]3C1(C)C. The molecule has 45 heavy (non-hydrogen) atoms. The quantitative estimate of drug-likeness (QED) is 0.299. The van der Waals surface area contributed by atoms with E-state index in [1.165, 1.54) is 12.8 Å². The molecule has 6 rings (SSSR count). The summed E-state index contributed by atoms with van der Waals surface area (Å²) in [6.07, 6.45) is 9.34. The highest BCUT2D eigenvalue weighted by Gasteiger charge is 2.83. The Morgan fingerprint density at radius 2 is 1.64 bits per heavy atom. The van der Waals surface area contributed by atoms with Crippen molar-refractivity contribution in [2.75, 3.05) is 27.2 Å². The van der Waals surface area contributed by atoms with Gasteiger partial charge in [0.1, 0.15) is 12.2 Å². The molecule has 0 bridgehead atoms. The average molecular weight is 631 g/mol. The molecule has 8 nitrogen and oxygen atoms in total. The van der Waals surface area contributed by atoms with Crippen LogP contribution in [0.25, 0.3) is 0 Å². The van der Waals surface area contributed by atoms with Crippen LogP contribution in [0.1, 0.15) is 113 Å². The molecule has 1 saturated heterocycles. The van der Waals surface area contributed by atoms with Crippen LogP contribution in [0.2, 0.25) is 0 Å². The normalized spacial score (nSPS) is 44.7. The molecule has 2 spiro atoms. The zero-order chi connectivity index (χ0) is 32.7. The van der Waals surface area contributed by atoms with Crippen LogP contribution in [0.3, 0.4) is 0 Å². The van der Waals surface area contributed by atoms with Crippen LogP contribution in [0.4, 0.5) is 9.59 Å². The van der Waals surface area contributed by atoms with Gasteiger partial charge in [0.2, 0.25) is 0 Å². The number of likely N-dealkylation sites (tertiary alicyclic amines) is 1. The lowest BCUT2D eigenvalue weighted by atomic mass is 9.41. The number of fused-ring (bicyclic) bond motifs is 2. The molecule has 6 aliphatic rings. The predicted molar refractivity (Wildman–Crippen MR) is 173 cm³/mol. The second-order valence-corrected chi connectivity index (χ2v) is 17.7. The monoisotopic (exact) mass is 630 g/mol. The maximum atomic E-state index is 12.8. The van der Waals surface area contributed by atoms with E-state index in [9.17, 15) is 14.7 Å². The van der Waals surface area contributed by atoms with Crippen molar-refractivity contribution in [2.45, 2.75) is 137 Å². The number of alkyl carbamates (subject to hydrolysis) is 1. The lowest BCUT2D eigenvalue weighted by molar-refractivity contribution is -0.182. The van der Waals surface area contributed by atoms with Gasteiger partial charge in [-0.3, -0.25) is 0 Å². The van der Waals surface area contributed by atoms with E-state index in [0.717, 1.165) is 64.5 Å². The molecule has 5 saturated carbocycles. The molecular formula is C37H62N2O6. The van der Waals surface area contributed by atoms with Gasteiger partial charge in [-0.05, 0) is 110 Å². The van der Waals surface area contributed by atoms with Crippen LogP contribution in [0, 0.1) is 56.7 Å². The highest BCUT2D eigenvalue weighted by molar-refractivity contribution is 5.68. The molecule has 256 valence electrons. The number of carbonyl (C=O) groups is 2. The Balaban J connectivity index is 1.20. The molecule has 6 fully saturated rings. The molecular weight excluding hydrogens is 568 g/mol. The van der Waals surface area contributed by atoms with Gasteiger partial charge in [0.15, 0.2) is 0 Å². The highest BCUT2D eigenvalue weighted by atomic mass is 16.6. The van der Waals surface area contributed by atoms with Crippen molar-refractivity contribution in [1.82, 2.24) is 10.2 Å². The third-order valence-corrected chi connectivity index (χ3v) is 15.6. The molecule has 5 aliphatic carbocycles. The van der Waals surface area contributed by atoms with Gasteiger partial charge in [0.25, 0.3) is 0 Å². The number of amides is 2. The minimum absolute atomic E-state index is 0.0351. The molecule has 1 heterocycles. The molecule has 0 aromatic rings. The number of rotatable bonds is 8. The number of hydrogen-bond acceptors (Lipinski definition) is 6. The number of hydrogen-bond donors (Lipinski definition) is 2. The molecule has 8 heteroatoms.